The van der Waals surface area contributed by atoms with Crippen LogP contribution in [0.1, 0.15) is 12.0 Å². The molecule has 1 rings (SSSR count). The number of likely N-dealkylation sites (N-methyl/N-ethyl adjacent to an activating group) is 1. The summed E-state index contributed by atoms with van der Waals surface area (Å²) in [6, 6.07) is 6.06. The van der Waals surface area contributed by atoms with Crippen LogP contribution in [-0.2, 0) is 4.79 Å². The lowest BCUT2D eigenvalue weighted by molar-refractivity contribution is -0.120. The minimum absolute atomic E-state index is 0.0871. The van der Waals surface area contributed by atoms with Crippen molar-refractivity contribution in [3.8, 4) is 0 Å². The van der Waals surface area contributed by atoms with Crippen molar-refractivity contribution >= 4 is 27.5 Å². The summed E-state index contributed by atoms with van der Waals surface area (Å²) in [7, 11) is 3.98. The molecule has 0 aromatic heterocycles. The average molecular weight is 328 g/mol. The fourth-order valence-corrected chi connectivity index (χ4v) is 2.12. The maximum atomic E-state index is 11.6. The molecule has 0 unspecified atom stereocenters. The number of anilines is 1. The Morgan fingerprint density at radius 3 is 2.68 bits per heavy atom. The second kappa shape index (κ2) is 8.17. The lowest BCUT2D eigenvalue weighted by Gasteiger charge is -2.12. The molecule has 0 saturated heterocycles. The molecule has 5 heteroatoms. The Bertz CT molecular complexity index is 421. The number of hydrogen-bond donors (Lipinski definition) is 2. The molecule has 4 nitrogen and oxygen atoms in total. The fourth-order valence-electron chi connectivity index (χ4n) is 1.64. The van der Waals surface area contributed by atoms with Crippen LogP contribution in [0.15, 0.2) is 22.7 Å². The van der Waals surface area contributed by atoms with Gasteiger partial charge in [-0.3, -0.25) is 4.79 Å². The van der Waals surface area contributed by atoms with Crippen LogP contribution in [0.3, 0.4) is 0 Å². The van der Waals surface area contributed by atoms with E-state index in [0.717, 1.165) is 16.7 Å². The van der Waals surface area contributed by atoms with Crippen molar-refractivity contribution < 1.29 is 4.79 Å². The summed E-state index contributed by atoms with van der Waals surface area (Å²) >= 11 is 3.43. The zero-order valence-electron chi connectivity index (χ0n) is 11.8. The first-order chi connectivity index (χ1) is 8.99. The molecule has 0 aliphatic rings. The van der Waals surface area contributed by atoms with E-state index < -0.39 is 0 Å². The Hall–Kier alpha value is -1.07. The molecule has 106 valence electrons. The molecule has 1 amide bonds. The zero-order chi connectivity index (χ0) is 14.3. The van der Waals surface area contributed by atoms with Crippen molar-refractivity contribution in [3.63, 3.8) is 0 Å². The first-order valence-corrected chi connectivity index (χ1v) is 7.20. The number of carbonyl (C=O) groups excluding carboxylic acids is 1. The van der Waals surface area contributed by atoms with E-state index >= 15 is 0 Å². The van der Waals surface area contributed by atoms with Crippen LogP contribution in [0.25, 0.3) is 0 Å². The molecular weight excluding hydrogens is 306 g/mol. The van der Waals surface area contributed by atoms with Crippen molar-refractivity contribution in [2.75, 3.05) is 39.0 Å². The van der Waals surface area contributed by atoms with E-state index in [-0.39, 0.29) is 5.91 Å². The van der Waals surface area contributed by atoms with Gasteiger partial charge in [0, 0.05) is 36.2 Å². The number of halogens is 1. The molecule has 2 N–H and O–H groups in total. The Balaban J connectivity index is 2.24. The minimum atomic E-state index is 0.0871. The normalized spacial score (nSPS) is 10.6. The summed E-state index contributed by atoms with van der Waals surface area (Å²) in [6.07, 6.45) is 0.489. The average Bonchev–Trinajstić information content (AvgIpc) is 2.31. The third-order valence-corrected chi connectivity index (χ3v) is 3.23. The maximum Gasteiger partial charge on any atom is 0.221 e. The second-order valence-corrected chi connectivity index (χ2v) is 5.70. The van der Waals surface area contributed by atoms with Gasteiger partial charge in [-0.1, -0.05) is 15.9 Å². The molecule has 0 aliphatic heterocycles. The second-order valence-electron chi connectivity index (χ2n) is 4.79. The number of amides is 1. The van der Waals surface area contributed by atoms with Gasteiger partial charge in [0.05, 0.1) is 0 Å². The molecule has 0 bridgehead atoms. The van der Waals surface area contributed by atoms with E-state index in [4.69, 9.17) is 0 Å². The predicted molar refractivity (Wildman–Crippen MR) is 83.5 cm³/mol. The number of nitrogens with zero attached hydrogens (tertiary/aromatic N) is 1. The third-order valence-electron chi connectivity index (χ3n) is 2.74. The molecule has 0 aliphatic carbocycles. The summed E-state index contributed by atoms with van der Waals surface area (Å²) in [5.41, 5.74) is 2.24. The molecular formula is C14H22BrN3O. The molecule has 0 radical (unpaired) electrons. The van der Waals surface area contributed by atoms with Gasteiger partial charge in [0.15, 0.2) is 0 Å². The van der Waals surface area contributed by atoms with Gasteiger partial charge < -0.3 is 15.5 Å². The smallest absolute Gasteiger partial charge is 0.221 e. The van der Waals surface area contributed by atoms with Gasteiger partial charge in [0.25, 0.3) is 0 Å². The van der Waals surface area contributed by atoms with Gasteiger partial charge in [-0.25, -0.2) is 0 Å². The lowest BCUT2D eigenvalue weighted by atomic mass is 10.2. The molecule has 0 fully saturated rings. The number of benzene rings is 1. The zero-order valence-corrected chi connectivity index (χ0v) is 13.4. The number of aryl methyl sites for hydroxylation is 1. The molecule has 0 heterocycles. The minimum Gasteiger partial charge on any atom is -0.384 e. The topological polar surface area (TPSA) is 44.4 Å². The van der Waals surface area contributed by atoms with Gasteiger partial charge in [-0.2, -0.15) is 0 Å². The van der Waals surface area contributed by atoms with E-state index in [1.54, 1.807) is 0 Å². The van der Waals surface area contributed by atoms with Gasteiger partial charge >= 0.3 is 0 Å². The Morgan fingerprint density at radius 1 is 1.32 bits per heavy atom. The molecule has 0 atom stereocenters. The van der Waals surface area contributed by atoms with Crippen LogP contribution in [0.2, 0.25) is 0 Å². The highest BCUT2D eigenvalue weighted by Gasteiger charge is 2.02. The highest BCUT2D eigenvalue weighted by Crippen LogP contribution is 2.19. The Kier molecular flexibility index (Phi) is 6.87. The van der Waals surface area contributed by atoms with Crippen LogP contribution < -0.4 is 10.6 Å². The third kappa shape index (κ3) is 6.59. The van der Waals surface area contributed by atoms with Crippen LogP contribution in [-0.4, -0.2) is 44.5 Å². The van der Waals surface area contributed by atoms with Crippen molar-refractivity contribution in [2.24, 2.45) is 0 Å². The standard InChI is InChI=1S/C14H22BrN3O/c1-11-10-12(15)4-5-13(11)16-7-6-14(19)17-8-9-18(2)3/h4-5,10,16H,6-9H2,1-3H3,(H,17,19). The summed E-state index contributed by atoms with van der Waals surface area (Å²) in [4.78, 5) is 13.6. The SMILES string of the molecule is Cc1cc(Br)ccc1NCCC(=O)NCCN(C)C. The number of carbonyl (C=O) groups is 1. The number of rotatable bonds is 7. The number of hydrogen-bond acceptors (Lipinski definition) is 3. The largest absolute Gasteiger partial charge is 0.384 e. The van der Waals surface area contributed by atoms with Gasteiger partial charge in [-0.05, 0) is 44.8 Å². The molecule has 0 saturated carbocycles. The maximum absolute atomic E-state index is 11.6. The van der Waals surface area contributed by atoms with E-state index in [9.17, 15) is 4.79 Å². The van der Waals surface area contributed by atoms with Crippen LogP contribution in [0.5, 0.6) is 0 Å². The fraction of sp³-hybridized carbons (Fsp3) is 0.500. The van der Waals surface area contributed by atoms with E-state index in [0.29, 0.717) is 19.5 Å². The van der Waals surface area contributed by atoms with Crippen LogP contribution in [0.4, 0.5) is 5.69 Å². The highest BCUT2D eigenvalue weighted by molar-refractivity contribution is 9.10. The van der Waals surface area contributed by atoms with Gasteiger partial charge in [0.2, 0.25) is 5.91 Å². The predicted octanol–water partition coefficient (Wildman–Crippen LogP) is 2.24. The lowest BCUT2D eigenvalue weighted by Crippen LogP contribution is -2.32. The summed E-state index contributed by atoms with van der Waals surface area (Å²) in [6.45, 7) is 4.26. The first kappa shape index (κ1) is 16.0. The molecule has 19 heavy (non-hydrogen) atoms. The molecule has 1 aromatic carbocycles. The van der Waals surface area contributed by atoms with Gasteiger partial charge in [0.1, 0.15) is 0 Å². The van der Waals surface area contributed by atoms with Crippen molar-refractivity contribution in [2.45, 2.75) is 13.3 Å². The monoisotopic (exact) mass is 327 g/mol. The van der Waals surface area contributed by atoms with Crippen LogP contribution >= 0.6 is 15.9 Å². The highest BCUT2D eigenvalue weighted by atomic mass is 79.9. The van der Waals surface area contributed by atoms with Crippen molar-refractivity contribution in [1.29, 1.82) is 0 Å². The van der Waals surface area contributed by atoms with Crippen molar-refractivity contribution in [1.82, 2.24) is 10.2 Å². The van der Waals surface area contributed by atoms with E-state index in [2.05, 4.69) is 32.6 Å². The first-order valence-electron chi connectivity index (χ1n) is 6.40. The summed E-state index contributed by atoms with van der Waals surface area (Å²) in [5.74, 6) is 0.0871. The van der Waals surface area contributed by atoms with Gasteiger partial charge in [-0.15, -0.1) is 0 Å². The quantitative estimate of drug-likeness (QED) is 0.807. The van der Waals surface area contributed by atoms with E-state index in [1.807, 2.05) is 38.1 Å². The van der Waals surface area contributed by atoms with Crippen molar-refractivity contribution in [3.05, 3.63) is 28.2 Å². The Labute approximate surface area is 123 Å². The Morgan fingerprint density at radius 2 is 2.05 bits per heavy atom. The summed E-state index contributed by atoms with van der Waals surface area (Å²) < 4.78 is 1.07. The van der Waals surface area contributed by atoms with E-state index in [1.165, 1.54) is 5.56 Å². The molecule has 0 spiro atoms. The van der Waals surface area contributed by atoms with Crippen LogP contribution in [0, 0.1) is 6.92 Å². The molecule has 1 aromatic rings. The number of nitrogens with one attached hydrogen (secondary N) is 2. The summed E-state index contributed by atoms with van der Waals surface area (Å²) in [5, 5.41) is 6.17.